The van der Waals surface area contributed by atoms with E-state index >= 15 is 0 Å². The Hall–Kier alpha value is -1.11. The van der Waals surface area contributed by atoms with Gasteiger partial charge in [0.05, 0.1) is 18.4 Å². The Bertz CT molecular complexity index is 515. The molecule has 0 spiro atoms. The fraction of sp³-hybridized carbons (Fsp3) is 0.500. The molecule has 0 atom stereocenters. The van der Waals surface area contributed by atoms with Gasteiger partial charge in [0.2, 0.25) is 0 Å². The van der Waals surface area contributed by atoms with Crippen LogP contribution in [0.3, 0.4) is 0 Å². The number of benzene rings is 1. The molecule has 5 nitrogen and oxygen atoms in total. The summed E-state index contributed by atoms with van der Waals surface area (Å²) < 4.78 is 11.8. The predicted octanol–water partition coefficient (Wildman–Crippen LogP) is 2.08. The largest absolute Gasteiger partial charge is 0.495 e. The highest BCUT2D eigenvalue weighted by atomic mass is 79.9. The van der Waals surface area contributed by atoms with Gasteiger partial charge in [-0.15, -0.1) is 0 Å². The highest BCUT2D eigenvalue weighted by molar-refractivity contribution is 9.10. The van der Waals surface area contributed by atoms with Gasteiger partial charge in [-0.3, -0.25) is 4.79 Å². The number of amides is 1. The van der Waals surface area contributed by atoms with E-state index in [-0.39, 0.29) is 18.1 Å². The van der Waals surface area contributed by atoms with Crippen molar-refractivity contribution in [2.75, 3.05) is 32.1 Å². The molecule has 0 aliphatic carbocycles. The van der Waals surface area contributed by atoms with E-state index in [4.69, 9.17) is 9.47 Å². The minimum atomic E-state index is -0.226. The maximum absolute atomic E-state index is 12.0. The summed E-state index contributed by atoms with van der Waals surface area (Å²) in [5.41, 5.74) is 1.39. The Morgan fingerprint density at radius 2 is 2.20 bits per heavy atom. The van der Waals surface area contributed by atoms with E-state index in [2.05, 4.69) is 26.6 Å². The molecule has 20 heavy (non-hydrogen) atoms. The molecule has 1 fully saturated rings. The lowest BCUT2D eigenvalue weighted by molar-refractivity contribution is -0.130. The SMILES string of the molecule is COc1cc(Br)cc(C)c1NC(=O)COC1(C)CNC1. The van der Waals surface area contributed by atoms with Crippen LogP contribution < -0.4 is 15.4 Å². The Morgan fingerprint density at radius 1 is 1.50 bits per heavy atom. The number of rotatable bonds is 5. The van der Waals surface area contributed by atoms with Crippen LogP contribution in [0.25, 0.3) is 0 Å². The number of hydrogen-bond donors (Lipinski definition) is 2. The zero-order valence-corrected chi connectivity index (χ0v) is 13.5. The molecule has 2 N–H and O–H groups in total. The molecule has 0 saturated carbocycles. The number of carbonyl (C=O) groups is 1. The topological polar surface area (TPSA) is 59.6 Å². The molecule has 1 aliphatic rings. The molecular formula is C14H19BrN2O3. The van der Waals surface area contributed by atoms with Crippen LogP contribution in [0.4, 0.5) is 5.69 Å². The third-order valence-electron chi connectivity index (χ3n) is 3.30. The van der Waals surface area contributed by atoms with E-state index in [1.807, 2.05) is 26.0 Å². The second kappa shape index (κ2) is 6.11. The Kier molecular flexibility index (Phi) is 4.67. The van der Waals surface area contributed by atoms with Crippen LogP contribution in [0.2, 0.25) is 0 Å². The van der Waals surface area contributed by atoms with E-state index in [1.54, 1.807) is 7.11 Å². The molecule has 1 saturated heterocycles. The number of aryl methyl sites for hydroxylation is 1. The van der Waals surface area contributed by atoms with Gasteiger partial charge >= 0.3 is 0 Å². The van der Waals surface area contributed by atoms with Gasteiger partial charge in [0.15, 0.2) is 0 Å². The van der Waals surface area contributed by atoms with Crippen molar-refractivity contribution >= 4 is 27.5 Å². The fourth-order valence-electron chi connectivity index (χ4n) is 2.03. The Morgan fingerprint density at radius 3 is 2.75 bits per heavy atom. The smallest absolute Gasteiger partial charge is 0.250 e. The van der Waals surface area contributed by atoms with Gasteiger partial charge in [-0.2, -0.15) is 0 Å². The zero-order valence-electron chi connectivity index (χ0n) is 11.9. The highest BCUT2D eigenvalue weighted by Gasteiger charge is 2.33. The first kappa shape index (κ1) is 15.3. The number of hydrogen-bond acceptors (Lipinski definition) is 4. The van der Waals surface area contributed by atoms with Gasteiger partial charge in [0.1, 0.15) is 12.4 Å². The molecule has 6 heteroatoms. The number of anilines is 1. The van der Waals surface area contributed by atoms with Crippen molar-refractivity contribution in [1.29, 1.82) is 0 Å². The lowest BCUT2D eigenvalue weighted by atomic mass is 10.0. The first-order valence-corrected chi connectivity index (χ1v) is 7.21. The number of nitrogens with one attached hydrogen (secondary N) is 2. The summed E-state index contributed by atoms with van der Waals surface area (Å²) in [6.07, 6.45) is 0. The van der Waals surface area contributed by atoms with Gasteiger partial charge in [0.25, 0.3) is 5.91 Å². The third kappa shape index (κ3) is 3.50. The predicted molar refractivity (Wildman–Crippen MR) is 81.3 cm³/mol. The summed E-state index contributed by atoms with van der Waals surface area (Å²) in [5, 5.41) is 5.97. The monoisotopic (exact) mass is 342 g/mol. The zero-order chi connectivity index (χ0) is 14.8. The van der Waals surface area contributed by atoms with Crippen LogP contribution >= 0.6 is 15.9 Å². The molecule has 0 aromatic heterocycles. The molecule has 0 unspecified atom stereocenters. The minimum absolute atomic E-state index is 0.0385. The number of halogens is 1. The molecular weight excluding hydrogens is 324 g/mol. The summed E-state index contributed by atoms with van der Waals surface area (Å²) in [6.45, 7) is 5.50. The Balaban J connectivity index is 2.00. The van der Waals surface area contributed by atoms with E-state index in [1.165, 1.54) is 0 Å². The van der Waals surface area contributed by atoms with Gasteiger partial charge in [0, 0.05) is 17.6 Å². The molecule has 1 aliphatic heterocycles. The van der Waals surface area contributed by atoms with E-state index in [0.717, 1.165) is 23.1 Å². The van der Waals surface area contributed by atoms with Crippen molar-refractivity contribution in [2.45, 2.75) is 19.4 Å². The second-order valence-corrected chi connectivity index (χ2v) is 6.11. The Labute approximate surface area is 127 Å². The van der Waals surface area contributed by atoms with E-state index in [9.17, 15) is 4.79 Å². The lowest BCUT2D eigenvalue weighted by Crippen LogP contribution is -2.59. The third-order valence-corrected chi connectivity index (χ3v) is 3.76. The van der Waals surface area contributed by atoms with Gasteiger partial charge < -0.3 is 20.1 Å². The summed E-state index contributed by atoms with van der Waals surface area (Å²) >= 11 is 3.40. The minimum Gasteiger partial charge on any atom is -0.495 e. The summed E-state index contributed by atoms with van der Waals surface area (Å²) in [6, 6.07) is 3.75. The number of ether oxygens (including phenoxy) is 2. The molecule has 1 amide bonds. The lowest BCUT2D eigenvalue weighted by Gasteiger charge is -2.38. The fourth-order valence-corrected chi connectivity index (χ4v) is 2.58. The molecule has 1 aromatic rings. The average molecular weight is 343 g/mol. The van der Waals surface area contributed by atoms with Crippen LogP contribution in [0.5, 0.6) is 5.75 Å². The van der Waals surface area contributed by atoms with Crippen LogP contribution in [0, 0.1) is 6.92 Å². The number of methoxy groups -OCH3 is 1. The number of carbonyl (C=O) groups excluding carboxylic acids is 1. The normalized spacial score (nSPS) is 16.4. The van der Waals surface area contributed by atoms with Crippen LogP contribution in [-0.2, 0) is 9.53 Å². The molecule has 1 heterocycles. The van der Waals surface area contributed by atoms with Crippen LogP contribution in [0.15, 0.2) is 16.6 Å². The maximum Gasteiger partial charge on any atom is 0.250 e. The molecule has 2 rings (SSSR count). The first-order chi connectivity index (χ1) is 9.43. The maximum atomic E-state index is 12.0. The second-order valence-electron chi connectivity index (χ2n) is 5.19. The van der Waals surface area contributed by atoms with Crippen molar-refractivity contribution < 1.29 is 14.3 Å². The van der Waals surface area contributed by atoms with Crippen LogP contribution in [0.1, 0.15) is 12.5 Å². The van der Waals surface area contributed by atoms with Crippen LogP contribution in [-0.4, -0.2) is 38.3 Å². The van der Waals surface area contributed by atoms with Gasteiger partial charge in [-0.25, -0.2) is 0 Å². The molecule has 1 aromatic carbocycles. The van der Waals surface area contributed by atoms with Gasteiger partial charge in [-0.1, -0.05) is 15.9 Å². The molecule has 0 bridgehead atoms. The molecule has 0 radical (unpaired) electrons. The van der Waals surface area contributed by atoms with Gasteiger partial charge in [-0.05, 0) is 31.5 Å². The molecule has 110 valence electrons. The summed E-state index contributed by atoms with van der Waals surface area (Å²) in [4.78, 5) is 12.0. The van der Waals surface area contributed by atoms with Crippen molar-refractivity contribution in [3.63, 3.8) is 0 Å². The van der Waals surface area contributed by atoms with Crippen molar-refractivity contribution in [3.05, 3.63) is 22.2 Å². The highest BCUT2D eigenvalue weighted by Crippen LogP contribution is 2.32. The average Bonchev–Trinajstić information content (AvgIpc) is 2.37. The van der Waals surface area contributed by atoms with Crippen molar-refractivity contribution in [1.82, 2.24) is 5.32 Å². The van der Waals surface area contributed by atoms with Crippen molar-refractivity contribution in [2.24, 2.45) is 0 Å². The van der Waals surface area contributed by atoms with E-state index < -0.39 is 0 Å². The first-order valence-electron chi connectivity index (χ1n) is 6.42. The summed E-state index contributed by atoms with van der Waals surface area (Å²) in [7, 11) is 1.58. The quantitative estimate of drug-likeness (QED) is 0.860. The van der Waals surface area contributed by atoms with E-state index in [0.29, 0.717) is 11.4 Å². The van der Waals surface area contributed by atoms with Crippen molar-refractivity contribution in [3.8, 4) is 5.75 Å². The standard InChI is InChI=1S/C14H19BrN2O3/c1-9-4-10(15)5-11(19-3)13(9)17-12(18)6-20-14(2)7-16-8-14/h4-5,16H,6-8H2,1-3H3,(H,17,18). The summed E-state index contributed by atoms with van der Waals surface area (Å²) in [5.74, 6) is 0.448.